The highest BCUT2D eigenvalue weighted by Gasteiger charge is 2.07. The number of anilines is 1. The minimum absolute atomic E-state index is 0.0388. The molecule has 0 aliphatic carbocycles. The molecular formula is C16H20N4O. The molecule has 0 amide bonds. The standard InChI is InChI=1S/C16H20N4O/c1-10(2)16-17-8-7-15(20-16)18-9-13-5-6-14(12(4)21)11(3)19-13/h5-8,10H,9H2,1-4H3,(H,17,18,20). The number of hydrogen-bond acceptors (Lipinski definition) is 5. The average molecular weight is 284 g/mol. The third-order valence-electron chi connectivity index (χ3n) is 3.16. The van der Waals surface area contributed by atoms with Gasteiger partial charge in [-0.3, -0.25) is 9.78 Å². The number of ketones is 1. The summed E-state index contributed by atoms with van der Waals surface area (Å²) in [5.41, 5.74) is 2.30. The smallest absolute Gasteiger partial charge is 0.161 e. The molecule has 0 spiro atoms. The summed E-state index contributed by atoms with van der Waals surface area (Å²) in [6.45, 7) is 8.08. The second kappa shape index (κ2) is 6.43. The third kappa shape index (κ3) is 3.84. The molecule has 2 aromatic rings. The van der Waals surface area contributed by atoms with E-state index in [-0.39, 0.29) is 5.78 Å². The maximum absolute atomic E-state index is 11.4. The summed E-state index contributed by atoms with van der Waals surface area (Å²) in [5, 5.41) is 3.23. The monoisotopic (exact) mass is 284 g/mol. The van der Waals surface area contributed by atoms with Crippen molar-refractivity contribution in [2.24, 2.45) is 0 Å². The predicted octanol–water partition coefficient (Wildman–Crippen LogP) is 3.12. The van der Waals surface area contributed by atoms with Crippen molar-refractivity contribution in [3.8, 4) is 0 Å². The third-order valence-corrected chi connectivity index (χ3v) is 3.16. The highest BCUT2D eigenvalue weighted by atomic mass is 16.1. The summed E-state index contributed by atoms with van der Waals surface area (Å²) in [6.07, 6.45) is 1.75. The molecule has 0 aromatic carbocycles. The van der Waals surface area contributed by atoms with Gasteiger partial charge < -0.3 is 5.32 Å². The van der Waals surface area contributed by atoms with Crippen molar-refractivity contribution >= 4 is 11.6 Å². The second-order valence-corrected chi connectivity index (χ2v) is 5.30. The lowest BCUT2D eigenvalue weighted by Crippen LogP contribution is -2.08. The minimum atomic E-state index is 0.0388. The molecule has 21 heavy (non-hydrogen) atoms. The van der Waals surface area contributed by atoms with Crippen LogP contribution in [0.4, 0.5) is 5.82 Å². The first-order valence-electron chi connectivity index (χ1n) is 7.01. The molecule has 0 unspecified atom stereocenters. The number of aryl methyl sites for hydroxylation is 1. The number of nitrogens with zero attached hydrogens (tertiary/aromatic N) is 3. The van der Waals surface area contributed by atoms with Crippen LogP contribution in [0.5, 0.6) is 0 Å². The summed E-state index contributed by atoms with van der Waals surface area (Å²) < 4.78 is 0. The van der Waals surface area contributed by atoms with E-state index in [4.69, 9.17) is 0 Å². The van der Waals surface area contributed by atoms with E-state index < -0.39 is 0 Å². The van der Waals surface area contributed by atoms with E-state index in [2.05, 4.69) is 34.1 Å². The first kappa shape index (κ1) is 15.1. The van der Waals surface area contributed by atoms with E-state index in [0.717, 1.165) is 23.0 Å². The topological polar surface area (TPSA) is 67.8 Å². The molecule has 110 valence electrons. The van der Waals surface area contributed by atoms with Crippen LogP contribution >= 0.6 is 0 Å². The maximum atomic E-state index is 11.4. The largest absolute Gasteiger partial charge is 0.364 e. The Morgan fingerprint density at radius 1 is 1.24 bits per heavy atom. The fraction of sp³-hybridized carbons (Fsp3) is 0.375. The van der Waals surface area contributed by atoms with Crippen LogP contribution in [0.2, 0.25) is 0 Å². The van der Waals surface area contributed by atoms with Gasteiger partial charge in [-0.1, -0.05) is 13.8 Å². The number of Topliss-reactive ketones (excluding diaryl/α,β-unsaturated/α-hetero) is 1. The first-order valence-corrected chi connectivity index (χ1v) is 7.01. The molecule has 5 heteroatoms. The number of hydrogen-bond donors (Lipinski definition) is 1. The van der Waals surface area contributed by atoms with Gasteiger partial charge in [0.25, 0.3) is 0 Å². The Bertz CT molecular complexity index is 652. The van der Waals surface area contributed by atoms with E-state index >= 15 is 0 Å². The lowest BCUT2D eigenvalue weighted by atomic mass is 10.1. The van der Waals surface area contributed by atoms with Crippen LogP contribution in [0.1, 0.15) is 54.3 Å². The fourth-order valence-corrected chi connectivity index (χ4v) is 2.02. The number of aromatic nitrogens is 3. The average Bonchev–Trinajstić information content (AvgIpc) is 2.45. The fourth-order valence-electron chi connectivity index (χ4n) is 2.02. The molecular weight excluding hydrogens is 264 g/mol. The molecule has 0 fully saturated rings. The van der Waals surface area contributed by atoms with E-state index in [1.807, 2.05) is 25.1 Å². The van der Waals surface area contributed by atoms with Crippen LogP contribution < -0.4 is 5.32 Å². The van der Waals surface area contributed by atoms with Crippen molar-refractivity contribution in [3.05, 3.63) is 47.2 Å². The summed E-state index contributed by atoms with van der Waals surface area (Å²) >= 11 is 0. The molecule has 0 saturated carbocycles. The van der Waals surface area contributed by atoms with Crippen molar-refractivity contribution in [1.29, 1.82) is 0 Å². The zero-order valence-electron chi connectivity index (χ0n) is 12.8. The molecule has 5 nitrogen and oxygen atoms in total. The van der Waals surface area contributed by atoms with Crippen molar-refractivity contribution in [1.82, 2.24) is 15.0 Å². The van der Waals surface area contributed by atoms with Gasteiger partial charge in [0, 0.05) is 23.4 Å². The highest BCUT2D eigenvalue weighted by molar-refractivity contribution is 5.95. The van der Waals surface area contributed by atoms with Crippen molar-refractivity contribution < 1.29 is 4.79 Å². The van der Waals surface area contributed by atoms with Gasteiger partial charge in [0.05, 0.1) is 12.2 Å². The van der Waals surface area contributed by atoms with Gasteiger partial charge in [0.2, 0.25) is 0 Å². The Kier molecular flexibility index (Phi) is 4.62. The van der Waals surface area contributed by atoms with Crippen LogP contribution in [0, 0.1) is 6.92 Å². The second-order valence-electron chi connectivity index (χ2n) is 5.30. The zero-order chi connectivity index (χ0) is 15.4. The van der Waals surface area contributed by atoms with Gasteiger partial charge in [0.15, 0.2) is 5.78 Å². The van der Waals surface area contributed by atoms with Gasteiger partial charge >= 0.3 is 0 Å². The summed E-state index contributed by atoms with van der Waals surface area (Å²) in [4.78, 5) is 24.5. The van der Waals surface area contributed by atoms with Crippen LogP contribution in [-0.4, -0.2) is 20.7 Å². The van der Waals surface area contributed by atoms with E-state index in [1.165, 1.54) is 0 Å². The lowest BCUT2D eigenvalue weighted by Gasteiger charge is -2.09. The Hall–Kier alpha value is -2.30. The summed E-state index contributed by atoms with van der Waals surface area (Å²) in [6, 6.07) is 5.52. The Labute approximate surface area is 124 Å². The molecule has 0 radical (unpaired) electrons. The maximum Gasteiger partial charge on any atom is 0.161 e. The number of carbonyl (C=O) groups is 1. The SMILES string of the molecule is CC(=O)c1ccc(CNc2ccnc(C(C)C)n2)nc1C. The van der Waals surface area contributed by atoms with E-state index in [9.17, 15) is 4.79 Å². The Morgan fingerprint density at radius 3 is 2.62 bits per heavy atom. The van der Waals surface area contributed by atoms with Crippen LogP contribution in [0.3, 0.4) is 0 Å². The van der Waals surface area contributed by atoms with Crippen LogP contribution in [0.15, 0.2) is 24.4 Å². The molecule has 0 aliphatic heterocycles. The van der Waals surface area contributed by atoms with Gasteiger partial charge in [-0.15, -0.1) is 0 Å². The summed E-state index contributed by atoms with van der Waals surface area (Å²) in [5.74, 6) is 1.93. The van der Waals surface area contributed by atoms with E-state index in [0.29, 0.717) is 18.0 Å². The molecule has 2 aromatic heterocycles. The van der Waals surface area contributed by atoms with E-state index in [1.54, 1.807) is 13.1 Å². The summed E-state index contributed by atoms with van der Waals surface area (Å²) in [7, 11) is 0. The predicted molar refractivity (Wildman–Crippen MR) is 82.4 cm³/mol. The van der Waals surface area contributed by atoms with Crippen molar-refractivity contribution in [3.63, 3.8) is 0 Å². The van der Waals surface area contributed by atoms with Crippen molar-refractivity contribution in [2.45, 2.75) is 40.2 Å². The quantitative estimate of drug-likeness (QED) is 0.854. The molecule has 0 saturated heterocycles. The minimum Gasteiger partial charge on any atom is -0.364 e. The van der Waals surface area contributed by atoms with Gasteiger partial charge in [-0.05, 0) is 32.0 Å². The molecule has 2 heterocycles. The zero-order valence-corrected chi connectivity index (χ0v) is 12.8. The molecule has 1 N–H and O–H groups in total. The Balaban J connectivity index is 2.08. The number of carbonyl (C=O) groups excluding carboxylic acids is 1. The van der Waals surface area contributed by atoms with Crippen LogP contribution in [0.25, 0.3) is 0 Å². The van der Waals surface area contributed by atoms with Gasteiger partial charge in [-0.25, -0.2) is 9.97 Å². The lowest BCUT2D eigenvalue weighted by molar-refractivity contribution is 0.101. The molecule has 0 atom stereocenters. The number of nitrogens with one attached hydrogen (secondary N) is 1. The number of rotatable bonds is 5. The van der Waals surface area contributed by atoms with Crippen molar-refractivity contribution in [2.75, 3.05) is 5.32 Å². The molecule has 2 rings (SSSR count). The highest BCUT2D eigenvalue weighted by Crippen LogP contribution is 2.12. The normalized spacial score (nSPS) is 10.7. The number of pyridine rings is 1. The Morgan fingerprint density at radius 2 is 2.00 bits per heavy atom. The molecule has 0 bridgehead atoms. The van der Waals surface area contributed by atoms with Gasteiger partial charge in [-0.2, -0.15) is 0 Å². The first-order chi connectivity index (χ1) is 9.97. The van der Waals surface area contributed by atoms with Gasteiger partial charge in [0.1, 0.15) is 11.6 Å². The molecule has 0 aliphatic rings. The van der Waals surface area contributed by atoms with Crippen LogP contribution in [-0.2, 0) is 6.54 Å².